The average Bonchev–Trinajstić information content (AvgIpc) is 3.98. The van der Waals surface area contributed by atoms with Gasteiger partial charge in [0.25, 0.3) is 0 Å². The molecule has 0 saturated carbocycles. The molecule has 0 bridgehead atoms. The number of piperidine rings is 2. The number of pyridine rings is 2. The van der Waals surface area contributed by atoms with E-state index in [1.54, 1.807) is 0 Å². The second-order valence-electron chi connectivity index (χ2n) is 15.8. The van der Waals surface area contributed by atoms with Crippen molar-refractivity contribution in [1.29, 1.82) is 0 Å². The van der Waals surface area contributed by atoms with Gasteiger partial charge in [-0.15, -0.1) is 0 Å². The highest BCUT2D eigenvalue weighted by atomic mass is 15.2. The summed E-state index contributed by atoms with van der Waals surface area (Å²) < 4.78 is 9.05. The van der Waals surface area contributed by atoms with Gasteiger partial charge in [-0.25, -0.2) is 19.9 Å². The van der Waals surface area contributed by atoms with Crippen LogP contribution in [0.1, 0.15) is 50.2 Å². The van der Waals surface area contributed by atoms with E-state index in [1.165, 1.54) is 96.6 Å². The molecule has 4 aliphatic rings. The van der Waals surface area contributed by atoms with Gasteiger partial charge in [0.1, 0.15) is 22.9 Å². The van der Waals surface area contributed by atoms with E-state index in [1.807, 2.05) is 24.8 Å². The van der Waals surface area contributed by atoms with E-state index in [0.29, 0.717) is 12.1 Å². The molecule has 8 aromatic rings. The standard InChI is InChI=1S/2C22H23N5/c2*1-2-9-25-11-12-27-20-6-4-16(13-19(20)24-22(27)14-18(25)3-1)17-5-7-21-23-8-10-26(21)15-17/h2*4-8,10,13,15,18H,1-3,9,11-12,14H2/t2*18-/m10/s1. The van der Waals surface area contributed by atoms with E-state index in [-0.39, 0.29) is 0 Å². The van der Waals surface area contributed by atoms with Crippen LogP contribution in [0.4, 0.5) is 0 Å². The van der Waals surface area contributed by atoms with E-state index in [9.17, 15) is 0 Å². The molecule has 0 aliphatic carbocycles. The maximum atomic E-state index is 5.06. The van der Waals surface area contributed by atoms with Crippen LogP contribution in [0.25, 0.3) is 55.6 Å². The number of fused-ring (bicyclic) bond motifs is 10. The molecule has 10 heteroatoms. The summed E-state index contributed by atoms with van der Waals surface area (Å²) in [5.41, 5.74) is 11.6. The normalized spacial score (nSPS) is 20.5. The van der Waals surface area contributed by atoms with Crippen LogP contribution >= 0.6 is 0 Å². The van der Waals surface area contributed by atoms with Gasteiger partial charge in [-0.2, -0.15) is 0 Å². The molecule has 6 aromatic heterocycles. The zero-order valence-electron chi connectivity index (χ0n) is 30.8. The van der Waals surface area contributed by atoms with Crippen molar-refractivity contribution in [3.8, 4) is 22.3 Å². The van der Waals surface area contributed by atoms with Crippen LogP contribution in [-0.2, 0) is 25.9 Å². The highest BCUT2D eigenvalue weighted by Crippen LogP contribution is 2.31. The van der Waals surface area contributed by atoms with E-state index >= 15 is 0 Å². The van der Waals surface area contributed by atoms with Crippen molar-refractivity contribution in [3.63, 3.8) is 0 Å². The molecule has 0 radical (unpaired) electrons. The van der Waals surface area contributed by atoms with Crippen LogP contribution in [0.15, 0.2) is 97.8 Å². The third-order valence-corrected chi connectivity index (χ3v) is 12.7. The lowest BCUT2D eigenvalue weighted by atomic mass is 10.00. The van der Waals surface area contributed by atoms with Gasteiger partial charge >= 0.3 is 0 Å². The Morgan fingerprint density at radius 2 is 0.963 bits per heavy atom. The fraction of sp³-hybridized carbons (Fsp3) is 0.364. The van der Waals surface area contributed by atoms with Crippen molar-refractivity contribution in [2.24, 2.45) is 0 Å². The fourth-order valence-corrected chi connectivity index (χ4v) is 9.76. The van der Waals surface area contributed by atoms with Crippen molar-refractivity contribution >= 4 is 33.4 Å². The molecule has 54 heavy (non-hydrogen) atoms. The van der Waals surface area contributed by atoms with Crippen LogP contribution in [0, 0.1) is 0 Å². The molecule has 2 aromatic carbocycles. The quantitative estimate of drug-likeness (QED) is 0.185. The summed E-state index contributed by atoms with van der Waals surface area (Å²) in [6.07, 6.45) is 22.2. The fourth-order valence-electron chi connectivity index (χ4n) is 9.76. The lowest BCUT2D eigenvalue weighted by Crippen LogP contribution is -2.40. The van der Waals surface area contributed by atoms with Gasteiger partial charge in [-0.1, -0.05) is 25.0 Å². The Bertz CT molecular complexity index is 2460. The minimum Gasteiger partial charge on any atom is -0.327 e. The maximum Gasteiger partial charge on any atom is 0.136 e. The molecule has 0 amide bonds. The van der Waals surface area contributed by atoms with Crippen molar-refractivity contribution in [3.05, 3.63) is 109 Å². The highest BCUT2D eigenvalue weighted by molar-refractivity contribution is 5.84. The Morgan fingerprint density at radius 1 is 0.481 bits per heavy atom. The summed E-state index contributed by atoms with van der Waals surface area (Å²) in [7, 11) is 0. The number of imidazole rings is 4. The van der Waals surface area contributed by atoms with Crippen molar-refractivity contribution in [1.82, 2.24) is 47.7 Å². The summed E-state index contributed by atoms with van der Waals surface area (Å²) >= 11 is 0. The number of hydrogen-bond acceptors (Lipinski definition) is 6. The first-order valence-electron chi connectivity index (χ1n) is 20.0. The van der Waals surface area contributed by atoms with Crippen molar-refractivity contribution in [2.75, 3.05) is 26.2 Å². The summed E-state index contributed by atoms with van der Waals surface area (Å²) in [4.78, 5) is 24.1. The average molecular weight is 715 g/mol. The summed E-state index contributed by atoms with van der Waals surface area (Å²) in [5.74, 6) is 2.53. The monoisotopic (exact) mass is 714 g/mol. The van der Waals surface area contributed by atoms with Crippen LogP contribution in [0.3, 0.4) is 0 Å². The van der Waals surface area contributed by atoms with Gasteiger partial charge in [-0.05, 0) is 110 Å². The molecule has 272 valence electrons. The maximum absolute atomic E-state index is 5.06. The Kier molecular flexibility index (Phi) is 7.86. The lowest BCUT2D eigenvalue weighted by molar-refractivity contribution is 0.152. The predicted molar refractivity (Wildman–Crippen MR) is 214 cm³/mol. The van der Waals surface area contributed by atoms with E-state index < -0.39 is 0 Å². The molecule has 2 saturated heterocycles. The molecule has 0 spiro atoms. The highest BCUT2D eigenvalue weighted by Gasteiger charge is 2.29. The number of hydrogen-bond donors (Lipinski definition) is 0. The summed E-state index contributed by atoms with van der Waals surface area (Å²) in [5, 5.41) is 0. The molecule has 2 fully saturated rings. The number of aromatic nitrogens is 8. The van der Waals surface area contributed by atoms with Gasteiger partial charge in [0.15, 0.2) is 0 Å². The molecule has 0 N–H and O–H groups in total. The first-order chi connectivity index (χ1) is 26.7. The van der Waals surface area contributed by atoms with Gasteiger partial charge in [0.2, 0.25) is 0 Å². The SMILES string of the molecule is c1cn2cc(-c3ccc4c(c3)nc3n4CCN4CCCC[C@@H]4C3)ccc2n1.c1cn2cc(-c3ccc4c(c3)nc3n4CCN4CCCC[C@H]4C3)ccc2n1. The number of benzene rings is 2. The number of rotatable bonds is 2. The largest absolute Gasteiger partial charge is 0.327 e. The van der Waals surface area contributed by atoms with Gasteiger partial charge in [-0.3, -0.25) is 9.80 Å². The molecule has 10 nitrogen and oxygen atoms in total. The van der Waals surface area contributed by atoms with Crippen LogP contribution in [-0.4, -0.2) is 85.9 Å². The summed E-state index contributed by atoms with van der Waals surface area (Å²) in [6.45, 7) is 6.94. The molecular weight excluding hydrogens is 669 g/mol. The van der Waals surface area contributed by atoms with E-state index in [2.05, 4.69) is 111 Å². The zero-order valence-corrected chi connectivity index (χ0v) is 30.8. The molecular formula is C44H46N10. The minimum atomic E-state index is 0.680. The Morgan fingerprint density at radius 3 is 1.46 bits per heavy atom. The van der Waals surface area contributed by atoms with Gasteiger partial charge < -0.3 is 17.9 Å². The molecule has 0 unspecified atom stereocenters. The summed E-state index contributed by atoms with van der Waals surface area (Å²) in [6, 6.07) is 23.2. The van der Waals surface area contributed by atoms with Gasteiger partial charge in [0.05, 0.1) is 22.1 Å². The Balaban J connectivity index is 0.000000126. The third-order valence-electron chi connectivity index (χ3n) is 12.7. The van der Waals surface area contributed by atoms with Crippen LogP contribution in [0.5, 0.6) is 0 Å². The minimum absolute atomic E-state index is 0.680. The molecule has 2 atom stereocenters. The van der Waals surface area contributed by atoms with Crippen LogP contribution in [0.2, 0.25) is 0 Å². The number of nitrogens with zero attached hydrogens (tertiary/aromatic N) is 10. The smallest absolute Gasteiger partial charge is 0.136 e. The third kappa shape index (κ3) is 5.70. The van der Waals surface area contributed by atoms with Crippen LogP contribution < -0.4 is 0 Å². The van der Waals surface area contributed by atoms with Crippen molar-refractivity contribution in [2.45, 2.75) is 76.5 Å². The predicted octanol–water partition coefficient (Wildman–Crippen LogP) is 7.52. The topological polar surface area (TPSA) is 76.7 Å². The van der Waals surface area contributed by atoms with Crippen molar-refractivity contribution < 1.29 is 0 Å². The second kappa shape index (κ2) is 13.2. The molecule has 12 rings (SSSR count). The lowest BCUT2D eigenvalue weighted by Gasteiger charge is -2.33. The molecule has 10 heterocycles. The van der Waals surface area contributed by atoms with E-state index in [4.69, 9.17) is 9.97 Å². The Hall–Kier alpha value is -5.32. The zero-order chi connectivity index (χ0) is 35.6. The Labute approximate surface area is 314 Å². The second-order valence-corrected chi connectivity index (χ2v) is 15.8. The van der Waals surface area contributed by atoms with Gasteiger partial charge in [0, 0.05) is 88.3 Å². The first-order valence-corrected chi connectivity index (χ1v) is 20.0. The molecule has 4 aliphatic heterocycles. The first kappa shape index (κ1) is 32.1. The van der Waals surface area contributed by atoms with E-state index in [0.717, 1.165) is 61.3 Å².